The Morgan fingerprint density at radius 1 is 1.07 bits per heavy atom. The Kier molecular flexibility index (Phi) is 8.65. The van der Waals surface area contributed by atoms with Crippen LogP contribution in [0.3, 0.4) is 0 Å². The van der Waals surface area contributed by atoms with Crippen molar-refractivity contribution in [2.75, 3.05) is 13.2 Å². The largest absolute Gasteiger partial charge is 0.484 e. The van der Waals surface area contributed by atoms with E-state index in [0.29, 0.717) is 25.3 Å². The van der Waals surface area contributed by atoms with Gasteiger partial charge in [-0.25, -0.2) is 4.39 Å². The van der Waals surface area contributed by atoms with Gasteiger partial charge in [0.1, 0.15) is 17.6 Å². The van der Waals surface area contributed by atoms with Crippen molar-refractivity contribution in [3.63, 3.8) is 0 Å². The lowest BCUT2D eigenvalue weighted by Gasteiger charge is -2.30. The van der Waals surface area contributed by atoms with Crippen LogP contribution in [0.1, 0.15) is 37.8 Å². The molecular formula is C23H29FN2O3. The summed E-state index contributed by atoms with van der Waals surface area (Å²) in [6.07, 6.45) is 1.31. The molecule has 2 amide bonds. The van der Waals surface area contributed by atoms with Crippen molar-refractivity contribution in [2.45, 2.75) is 46.2 Å². The molecule has 0 aliphatic carbocycles. The third-order valence-corrected chi connectivity index (χ3v) is 4.58. The van der Waals surface area contributed by atoms with E-state index in [4.69, 9.17) is 4.74 Å². The number of aryl methyl sites for hydroxylation is 1. The lowest BCUT2D eigenvalue weighted by Crippen LogP contribution is -2.50. The molecule has 0 aliphatic rings. The van der Waals surface area contributed by atoms with E-state index in [-0.39, 0.29) is 24.2 Å². The molecule has 29 heavy (non-hydrogen) atoms. The monoisotopic (exact) mass is 400 g/mol. The van der Waals surface area contributed by atoms with Gasteiger partial charge in [0.15, 0.2) is 6.61 Å². The molecule has 0 radical (unpaired) electrons. The summed E-state index contributed by atoms with van der Waals surface area (Å²) in [7, 11) is 0. The molecule has 0 bridgehead atoms. The number of ether oxygens (including phenoxy) is 1. The lowest BCUT2D eigenvalue weighted by atomic mass is 10.1. The van der Waals surface area contributed by atoms with Crippen molar-refractivity contribution >= 4 is 11.8 Å². The summed E-state index contributed by atoms with van der Waals surface area (Å²) in [5, 5.41) is 2.88. The van der Waals surface area contributed by atoms with Crippen LogP contribution in [-0.4, -0.2) is 35.9 Å². The number of hydrogen-bond donors (Lipinski definition) is 1. The molecule has 0 saturated heterocycles. The minimum atomic E-state index is -0.591. The van der Waals surface area contributed by atoms with Crippen molar-refractivity contribution in [1.29, 1.82) is 0 Å². The molecule has 0 saturated carbocycles. The first-order chi connectivity index (χ1) is 13.9. The van der Waals surface area contributed by atoms with Crippen LogP contribution in [-0.2, 0) is 16.1 Å². The average molecular weight is 400 g/mol. The van der Waals surface area contributed by atoms with Crippen LogP contribution in [0.2, 0.25) is 0 Å². The number of carbonyl (C=O) groups is 2. The Bertz CT molecular complexity index is 791. The normalized spacial score (nSPS) is 11.6. The second-order valence-corrected chi connectivity index (χ2v) is 6.96. The molecule has 1 atom stereocenters. The number of benzene rings is 2. The number of rotatable bonds is 10. The summed E-state index contributed by atoms with van der Waals surface area (Å²) in [6, 6.07) is 12.8. The average Bonchev–Trinajstić information content (AvgIpc) is 2.72. The summed E-state index contributed by atoms with van der Waals surface area (Å²) < 4.78 is 18.6. The van der Waals surface area contributed by atoms with Gasteiger partial charge in [-0.3, -0.25) is 9.59 Å². The predicted octanol–water partition coefficient (Wildman–Crippen LogP) is 3.85. The summed E-state index contributed by atoms with van der Waals surface area (Å²) >= 11 is 0. The molecular weight excluding hydrogens is 371 g/mol. The number of amides is 2. The highest BCUT2D eigenvalue weighted by Gasteiger charge is 2.28. The van der Waals surface area contributed by atoms with Gasteiger partial charge in [0.2, 0.25) is 5.91 Å². The zero-order chi connectivity index (χ0) is 21.2. The van der Waals surface area contributed by atoms with Crippen LogP contribution >= 0.6 is 0 Å². The first-order valence-corrected chi connectivity index (χ1v) is 9.95. The fourth-order valence-corrected chi connectivity index (χ4v) is 2.93. The topological polar surface area (TPSA) is 58.6 Å². The first-order valence-electron chi connectivity index (χ1n) is 9.95. The maximum atomic E-state index is 13.1. The fourth-order valence-electron chi connectivity index (χ4n) is 2.93. The molecule has 156 valence electrons. The lowest BCUT2D eigenvalue weighted by molar-refractivity contribution is -0.143. The van der Waals surface area contributed by atoms with Crippen LogP contribution in [0.25, 0.3) is 0 Å². The molecule has 1 N–H and O–H groups in total. The van der Waals surface area contributed by atoms with Crippen LogP contribution in [0.15, 0.2) is 48.5 Å². The van der Waals surface area contributed by atoms with Crippen molar-refractivity contribution in [1.82, 2.24) is 10.2 Å². The van der Waals surface area contributed by atoms with Gasteiger partial charge in [0, 0.05) is 13.1 Å². The fraction of sp³-hybridized carbons (Fsp3) is 0.391. The highest BCUT2D eigenvalue weighted by molar-refractivity contribution is 5.88. The highest BCUT2D eigenvalue weighted by atomic mass is 19.1. The van der Waals surface area contributed by atoms with Gasteiger partial charge in [0.05, 0.1) is 0 Å². The molecule has 0 spiro atoms. The van der Waals surface area contributed by atoms with Crippen LogP contribution in [0.5, 0.6) is 5.75 Å². The summed E-state index contributed by atoms with van der Waals surface area (Å²) in [5.74, 6) is -0.438. The molecule has 0 fully saturated rings. The standard InChI is InChI=1S/C23H29FN2O3/c1-4-14-25-23(28)21(5-2)26(15-18-8-6-17(3)7-9-18)22(27)16-29-20-12-10-19(24)11-13-20/h6-13,21H,4-5,14-16H2,1-3H3,(H,25,28)/t21-/m0/s1. The number of hydrogen-bond acceptors (Lipinski definition) is 3. The first kappa shape index (κ1) is 22.4. The van der Waals surface area contributed by atoms with Gasteiger partial charge in [-0.2, -0.15) is 0 Å². The number of nitrogens with zero attached hydrogens (tertiary/aromatic N) is 1. The molecule has 0 unspecified atom stereocenters. The Balaban J connectivity index is 2.16. The predicted molar refractivity (Wildman–Crippen MR) is 111 cm³/mol. The molecule has 2 aromatic carbocycles. The van der Waals surface area contributed by atoms with Crippen LogP contribution in [0, 0.1) is 12.7 Å². The Morgan fingerprint density at radius 3 is 2.31 bits per heavy atom. The SMILES string of the molecule is CCCNC(=O)[C@H](CC)N(Cc1ccc(C)cc1)C(=O)COc1ccc(F)cc1. The minimum absolute atomic E-state index is 0.170. The smallest absolute Gasteiger partial charge is 0.261 e. The molecule has 0 aliphatic heterocycles. The summed E-state index contributed by atoms with van der Waals surface area (Å²) in [6.45, 7) is 6.50. The number of nitrogens with one attached hydrogen (secondary N) is 1. The van der Waals surface area contributed by atoms with E-state index in [1.165, 1.54) is 24.3 Å². The minimum Gasteiger partial charge on any atom is -0.484 e. The Labute approximate surface area is 171 Å². The third-order valence-electron chi connectivity index (χ3n) is 4.58. The maximum Gasteiger partial charge on any atom is 0.261 e. The van der Waals surface area contributed by atoms with Gasteiger partial charge in [-0.05, 0) is 49.6 Å². The Hall–Kier alpha value is -2.89. The van der Waals surface area contributed by atoms with E-state index in [2.05, 4.69) is 5.32 Å². The van der Waals surface area contributed by atoms with Crippen molar-refractivity contribution in [3.05, 3.63) is 65.5 Å². The molecule has 2 aromatic rings. The van der Waals surface area contributed by atoms with E-state index in [1.807, 2.05) is 45.0 Å². The second kappa shape index (κ2) is 11.2. The zero-order valence-electron chi connectivity index (χ0n) is 17.3. The highest BCUT2D eigenvalue weighted by Crippen LogP contribution is 2.15. The third kappa shape index (κ3) is 6.89. The summed E-state index contributed by atoms with van der Waals surface area (Å²) in [5.41, 5.74) is 2.06. The molecule has 5 nitrogen and oxygen atoms in total. The van der Waals surface area contributed by atoms with Gasteiger partial charge >= 0.3 is 0 Å². The molecule has 0 heterocycles. The quantitative estimate of drug-likeness (QED) is 0.659. The van der Waals surface area contributed by atoms with E-state index >= 15 is 0 Å². The van der Waals surface area contributed by atoms with E-state index in [0.717, 1.165) is 17.5 Å². The van der Waals surface area contributed by atoms with Crippen molar-refractivity contribution in [2.24, 2.45) is 0 Å². The van der Waals surface area contributed by atoms with Gasteiger partial charge in [-0.1, -0.05) is 43.7 Å². The van der Waals surface area contributed by atoms with Crippen molar-refractivity contribution < 1.29 is 18.7 Å². The van der Waals surface area contributed by atoms with Crippen LogP contribution in [0.4, 0.5) is 4.39 Å². The van der Waals surface area contributed by atoms with E-state index in [1.54, 1.807) is 4.90 Å². The van der Waals surface area contributed by atoms with Gasteiger partial charge in [-0.15, -0.1) is 0 Å². The summed E-state index contributed by atoms with van der Waals surface area (Å²) in [4.78, 5) is 27.2. The second-order valence-electron chi connectivity index (χ2n) is 6.96. The maximum absolute atomic E-state index is 13.1. The van der Waals surface area contributed by atoms with Crippen LogP contribution < -0.4 is 10.1 Å². The number of halogens is 1. The van der Waals surface area contributed by atoms with Crippen molar-refractivity contribution in [3.8, 4) is 5.75 Å². The Morgan fingerprint density at radius 2 is 1.72 bits per heavy atom. The molecule has 0 aromatic heterocycles. The zero-order valence-corrected chi connectivity index (χ0v) is 17.3. The molecule has 2 rings (SSSR count). The number of carbonyl (C=O) groups excluding carboxylic acids is 2. The molecule has 6 heteroatoms. The van der Waals surface area contributed by atoms with E-state index in [9.17, 15) is 14.0 Å². The van der Waals surface area contributed by atoms with Gasteiger partial charge < -0.3 is 15.0 Å². The van der Waals surface area contributed by atoms with Gasteiger partial charge in [0.25, 0.3) is 5.91 Å². The van der Waals surface area contributed by atoms with E-state index < -0.39 is 6.04 Å².